The number of hydrogen-bond acceptors (Lipinski definition) is 32. The van der Waals surface area contributed by atoms with Crippen molar-refractivity contribution in [2.75, 3.05) is 13.2 Å². The molecule has 11 aliphatic rings. The van der Waals surface area contributed by atoms with Crippen LogP contribution in [-0.4, -0.2) is 304 Å². The number of aliphatic carboxylic acids is 1. The standard InChI is InChI=1S/C78H110O33/c1-33-46(83)50(87)54(91)66(98-33)107-59-52(89)47(84)34(2)99-68(59)108-60-53(90)49(86)39(32-80)102-69(60)105-57-56(93)58(64(94)95)106-70(61(57)109-67-55(92)51(88)48(85)38(31-79)101-67)103-43-25-26-74(8)40(73(43,6)7)23-27-75(9)41(74)24-28-77-42-29-72(4,5)62(110-65(96)37-19-15-12-16-20-37)63(104-45(82)22-21-36-17-13-11-14-18-36)78(42,71(97)111-77)44(100-35(3)81)30-76(75,77)10/h11-22,33-34,38-44,46-63,66-71,79-80,83-93,97H,23-32H2,1-10H3,(H,94,95)/t33-,34-,38+,39+,40-,41+,42-,43-,44+,46-,47-,48+,49-,50+,51-,52+,53-,54+,55+,56-,57-,58-,59+,60+,61+,62-,63-,66-,67-,68-,69-,70+,71-,74-,75+,76-,77-,78+/m0/s1. The molecule has 2 bridgehead atoms. The molecular formula is C78H110O33. The Morgan fingerprint density at radius 2 is 1.02 bits per heavy atom. The van der Waals surface area contributed by atoms with Gasteiger partial charge in [0.25, 0.3) is 0 Å². The van der Waals surface area contributed by atoms with Crippen molar-refractivity contribution >= 4 is 30.0 Å². The molecule has 15 N–H and O–H groups in total. The van der Waals surface area contributed by atoms with Gasteiger partial charge in [-0.15, -0.1) is 0 Å². The molecule has 33 heteroatoms. The summed E-state index contributed by atoms with van der Waals surface area (Å²) in [6.45, 7) is 16.4. The van der Waals surface area contributed by atoms with Crippen LogP contribution in [0.4, 0.5) is 0 Å². The van der Waals surface area contributed by atoms with Gasteiger partial charge in [0.2, 0.25) is 0 Å². The summed E-state index contributed by atoms with van der Waals surface area (Å²) < 4.78 is 89.3. The summed E-state index contributed by atoms with van der Waals surface area (Å²) >= 11 is 0. The van der Waals surface area contributed by atoms with Gasteiger partial charge in [-0.25, -0.2) is 14.4 Å². The van der Waals surface area contributed by atoms with Crippen LogP contribution in [0.1, 0.15) is 137 Å². The molecule has 33 nitrogen and oxygen atoms in total. The summed E-state index contributed by atoms with van der Waals surface area (Å²) in [6, 6.07) is 17.4. The first-order chi connectivity index (χ1) is 52.3. The Morgan fingerprint density at radius 1 is 0.495 bits per heavy atom. The van der Waals surface area contributed by atoms with Crippen LogP contribution in [0.5, 0.6) is 0 Å². The molecule has 2 aromatic carbocycles. The number of rotatable bonds is 19. The average Bonchev–Trinajstić information content (AvgIpc) is 1.52. The van der Waals surface area contributed by atoms with E-state index in [0.717, 1.165) is 0 Å². The molecular weight excluding hydrogens is 1460 g/mol. The third kappa shape index (κ3) is 14.1. The zero-order chi connectivity index (χ0) is 80.5. The molecule has 0 aromatic heterocycles. The summed E-state index contributed by atoms with van der Waals surface area (Å²) in [6.07, 6.45) is -49.5. The number of fused-ring (bicyclic) bond motifs is 4. The minimum absolute atomic E-state index is 0.110. The van der Waals surface area contributed by atoms with Crippen molar-refractivity contribution < 1.29 is 162 Å². The number of carboxylic acids is 1. The lowest BCUT2D eigenvalue weighted by Gasteiger charge is -2.75. The van der Waals surface area contributed by atoms with E-state index in [9.17, 15) is 95.8 Å². The second-order valence-corrected chi connectivity index (χ2v) is 34.6. The number of carboxylic acid groups (broad SMARTS) is 1. The Hall–Kier alpha value is -4.94. The number of benzene rings is 2. The molecule has 620 valence electrons. The molecule has 6 heterocycles. The average molecular weight is 1580 g/mol. The van der Waals surface area contributed by atoms with E-state index < -0.39 is 265 Å². The number of carbonyl (C=O) groups is 4. The first-order valence-electron chi connectivity index (χ1n) is 38.5. The lowest BCUT2D eigenvalue weighted by molar-refractivity contribution is -0.412. The summed E-state index contributed by atoms with van der Waals surface area (Å²) in [4.78, 5) is 56.4. The quantitative estimate of drug-likeness (QED) is 0.0368. The molecule has 5 aliphatic carbocycles. The Bertz CT molecular complexity index is 3650. The van der Waals surface area contributed by atoms with Crippen LogP contribution >= 0.6 is 0 Å². The number of aliphatic hydroxyl groups is 14. The first kappa shape index (κ1) is 84.0. The molecule has 0 unspecified atom stereocenters. The second-order valence-electron chi connectivity index (χ2n) is 34.6. The van der Waals surface area contributed by atoms with Gasteiger partial charge in [0.05, 0.1) is 42.7 Å². The lowest BCUT2D eigenvalue weighted by Crippen LogP contribution is -2.77. The van der Waals surface area contributed by atoms with Crippen molar-refractivity contribution in [2.24, 2.45) is 50.2 Å². The predicted molar refractivity (Wildman–Crippen MR) is 375 cm³/mol. The molecule has 5 saturated carbocycles. The highest BCUT2D eigenvalue weighted by Gasteiger charge is 2.87. The van der Waals surface area contributed by atoms with Crippen LogP contribution in [0.3, 0.4) is 0 Å². The Kier molecular flexibility index (Phi) is 23.8. The summed E-state index contributed by atoms with van der Waals surface area (Å²) in [7, 11) is 0. The normalized spacial score (nSPS) is 49.2. The Morgan fingerprint density at radius 3 is 1.64 bits per heavy atom. The molecule has 38 atom stereocenters. The maximum atomic E-state index is 14.6. The van der Waals surface area contributed by atoms with Crippen molar-refractivity contribution in [1.29, 1.82) is 0 Å². The van der Waals surface area contributed by atoms with E-state index in [4.69, 9.17) is 66.3 Å². The van der Waals surface area contributed by atoms with Crippen molar-refractivity contribution in [3.8, 4) is 0 Å². The van der Waals surface area contributed by atoms with E-state index in [0.29, 0.717) is 37.7 Å². The second kappa shape index (κ2) is 31.5. The lowest BCUT2D eigenvalue weighted by atomic mass is 9.30. The van der Waals surface area contributed by atoms with Gasteiger partial charge in [0, 0.05) is 29.7 Å². The molecule has 111 heavy (non-hydrogen) atoms. The fraction of sp³-hybridized carbons (Fsp3) is 0.769. The monoisotopic (exact) mass is 1570 g/mol. The van der Waals surface area contributed by atoms with E-state index in [1.54, 1.807) is 48.5 Å². The van der Waals surface area contributed by atoms with Crippen molar-refractivity contribution in [3.63, 3.8) is 0 Å². The highest BCUT2D eigenvalue weighted by atomic mass is 16.8. The van der Waals surface area contributed by atoms with E-state index in [2.05, 4.69) is 20.8 Å². The van der Waals surface area contributed by atoms with Gasteiger partial charge in [-0.2, -0.15) is 0 Å². The van der Waals surface area contributed by atoms with Crippen molar-refractivity contribution in [3.05, 3.63) is 77.9 Å². The molecule has 0 amide bonds. The number of ether oxygens (including phenoxy) is 14. The maximum Gasteiger partial charge on any atom is 0.338 e. The molecule has 6 saturated heterocycles. The van der Waals surface area contributed by atoms with Crippen LogP contribution in [0.25, 0.3) is 6.08 Å². The molecule has 1 spiro atoms. The van der Waals surface area contributed by atoms with Crippen LogP contribution in [0.2, 0.25) is 0 Å². The zero-order valence-electron chi connectivity index (χ0n) is 63.6. The highest BCUT2D eigenvalue weighted by molar-refractivity contribution is 5.90. The van der Waals surface area contributed by atoms with Crippen molar-refractivity contribution in [1.82, 2.24) is 0 Å². The fourth-order valence-electron chi connectivity index (χ4n) is 21.9. The Balaban J connectivity index is 0.824. The smallest absolute Gasteiger partial charge is 0.338 e. The molecule has 11 fully saturated rings. The fourth-order valence-corrected chi connectivity index (χ4v) is 21.9. The van der Waals surface area contributed by atoms with Gasteiger partial charge in [-0.1, -0.05) is 97.0 Å². The van der Waals surface area contributed by atoms with Gasteiger partial charge < -0.3 is 143 Å². The van der Waals surface area contributed by atoms with Gasteiger partial charge in [0.15, 0.2) is 49.9 Å². The predicted octanol–water partition coefficient (Wildman–Crippen LogP) is -0.419. The molecule has 0 radical (unpaired) electrons. The molecule has 2 aromatic rings. The van der Waals surface area contributed by atoms with Crippen LogP contribution in [-0.2, 0) is 80.7 Å². The number of esters is 3. The van der Waals surface area contributed by atoms with Crippen LogP contribution < -0.4 is 0 Å². The first-order valence-corrected chi connectivity index (χ1v) is 38.5. The van der Waals surface area contributed by atoms with E-state index in [-0.39, 0.29) is 36.7 Å². The molecule has 13 rings (SSSR count). The van der Waals surface area contributed by atoms with E-state index >= 15 is 0 Å². The van der Waals surface area contributed by atoms with E-state index in [1.807, 2.05) is 45.9 Å². The van der Waals surface area contributed by atoms with E-state index in [1.165, 1.54) is 26.8 Å². The SMILES string of the molecule is CC(=O)O[C@@H]1C[C@]2(C)[C@@]3(CC[C@@H]4[C@@]5(C)CC[C@H](O[C@@H]6O[C@H](C(=O)O)[C@@H](O)[C@H](O[C@@H]7O[C@H](CO)[C@H](O)[C@H](O)[C@H]7O[C@@H]7O[C@@H](C)[C@H](O)[C@@H](O)[C@H]7O[C@@H]7O[C@@H](C)[C@H](O)[C@@H](O)[C@H]7O)[C@H]6O[C@@H]6O[C@H](CO)[C@@H](O)[C@H](O)[C@H]6O)C(C)(C)[C@@H]5CC[C@]42C)O[C@H](O)[C@]12[C@H]3CC(C)(C)[C@@H](OC(=O)c1ccccc1)[C@@H]2OC(=O)C=Cc1ccccc1. The topological polar surface area (TPSA) is 501 Å². The largest absolute Gasteiger partial charge is 0.479 e. The van der Waals surface area contributed by atoms with Crippen LogP contribution in [0, 0.1) is 50.2 Å². The highest BCUT2D eigenvalue weighted by Crippen LogP contribution is 2.82. The van der Waals surface area contributed by atoms with Gasteiger partial charge in [0.1, 0.15) is 121 Å². The Labute approximate surface area is 641 Å². The summed E-state index contributed by atoms with van der Waals surface area (Å²) in [5, 5.41) is 170. The number of aliphatic hydroxyl groups excluding tert-OH is 14. The van der Waals surface area contributed by atoms with Crippen molar-refractivity contribution in [2.45, 2.75) is 310 Å². The minimum Gasteiger partial charge on any atom is -0.479 e. The number of hydrogen-bond donors (Lipinski definition) is 15. The maximum absolute atomic E-state index is 14.6. The van der Waals surface area contributed by atoms with Gasteiger partial charge >= 0.3 is 23.9 Å². The van der Waals surface area contributed by atoms with Gasteiger partial charge in [-0.05, 0) is 117 Å². The third-order valence-corrected chi connectivity index (χ3v) is 27.8. The number of carbonyl (C=O) groups excluding carboxylic acids is 3. The van der Waals surface area contributed by atoms with Gasteiger partial charge in [-0.3, -0.25) is 4.79 Å². The summed E-state index contributed by atoms with van der Waals surface area (Å²) in [5.74, 6) is -5.09. The zero-order valence-corrected chi connectivity index (χ0v) is 63.6. The van der Waals surface area contributed by atoms with Crippen LogP contribution in [0.15, 0.2) is 66.7 Å². The summed E-state index contributed by atoms with van der Waals surface area (Å²) in [5.41, 5.74) is -6.16. The third-order valence-electron chi connectivity index (χ3n) is 27.8. The minimum atomic E-state index is -2.39. The molecule has 6 aliphatic heterocycles.